The molecule has 1 aliphatic rings. The zero-order valence-corrected chi connectivity index (χ0v) is 6.94. The Balaban J connectivity index is 0.000000226. The standard InChI is InChI=1S/C4H2O3.C3H7NO2/c5-3-1-2-4(6)7-3;1-4-2-3(5)6/h1-2H;4H,2H2,1H3,(H,5,6). The van der Waals surface area contributed by atoms with Gasteiger partial charge < -0.3 is 15.2 Å². The van der Waals surface area contributed by atoms with Crippen LogP contribution in [0.5, 0.6) is 0 Å². The van der Waals surface area contributed by atoms with Gasteiger partial charge in [-0.1, -0.05) is 0 Å². The molecule has 2 N–H and O–H groups in total. The Hall–Kier alpha value is -1.69. The number of carboxylic acid groups (broad SMARTS) is 1. The molecule has 1 heterocycles. The number of ether oxygens (including phenoxy) is 1. The largest absolute Gasteiger partial charge is 0.480 e. The van der Waals surface area contributed by atoms with E-state index in [9.17, 15) is 14.4 Å². The molecule has 0 amide bonds. The average Bonchev–Trinajstić information content (AvgIpc) is 2.35. The zero-order valence-electron chi connectivity index (χ0n) is 6.94. The Bertz CT molecular complexity index is 229. The molecule has 0 radical (unpaired) electrons. The van der Waals surface area contributed by atoms with Crippen molar-refractivity contribution in [2.45, 2.75) is 0 Å². The highest BCUT2D eigenvalue weighted by Crippen LogP contribution is 1.92. The summed E-state index contributed by atoms with van der Waals surface area (Å²) >= 11 is 0. The van der Waals surface area contributed by atoms with E-state index in [-0.39, 0.29) is 6.54 Å². The van der Waals surface area contributed by atoms with Crippen LogP contribution in [0, 0.1) is 0 Å². The molecule has 0 aromatic rings. The molecule has 0 unspecified atom stereocenters. The molecule has 0 saturated carbocycles. The molecule has 0 aliphatic carbocycles. The summed E-state index contributed by atoms with van der Waals surface area (Å²) in [6, 6.07) is 0. The van der Waals surface area contributed by atoms with E-state index in [0.717, 1.165) is 12.2 Å². The highest BCUT2D eigenvalue weighted by atomic mass is 16.6. The molecule has 72 valence electrons. The van der Waals surface area contributed by atoms with Crippen molar-refractivity contribution >= 4 is 17.9 Å². The van der Waals surface area contributed by atoms with Crippen LogP contribution in [0.3, 0.4) is 0 Å². The van der Waals surface area contributed by atoms with Crippen LogP contribution in [0.2, 0.25) is 0 Å². The number of hydrogen-bond acceptors (Lipinski definition) is 5. The van der Waals surface area contributed by atoms with Gasteiger partial charge in [-0.05, 0) is 7.05 Å². The van der Waals surface area contributed by atoms with E-state index in [1.54, 1.807) is 7.05 Å². The number of esters is 2. The molecular weight excluding hydrogens is 178 g/mol. The summed E-state index contributed by atoms with van der Waals surface area (Å²) in [5.74, 6) is -1.98. The lowest BCUT2D eigenvalue weighted by Crippen LogP contribution is -2.16. The fraction of sp³-hybridized carbons (Fsp3) is 0.286. The first-order chi connectivity index (χ1) is 6.06. The van der Waals surface area contributed by atoms with Crippen molar-refractivity contribution in [1.29, 1.82) is 0 Å². The summed E-state index contributed by atoms with van der Waals surface area (Å²) < 4.78 is 3.97. The molecule has 0 aromatic carbocycles. The van der Waals surface area contributed by atoms with Crippen molar-refractivity contribution in [2.24, 2.45) is 0 Å². The first-order valence-corrected chi connectivity index (χ1v) is 3.36. The maximum absolute atomic E-state index is 9.92. The minimum atomic E-state index is -0.822. The summed E-state index contributed by atoms with van der Waals surface area (Å²) in [7, 11) is 1.59. The SMILES string of the molecule is CNCC(=O)O.O=C1C=CC(=O)O1. The van der Waals surface area contributed by atoms with Crippen LogP contribution in [0.15, 0.2) is 12.2 Å². The summed E-state index contributed by atoms with van der Waals surface area (Å²) in [5.41, 5.74) is 0. The van der Waals surface area contributed by atoms with Crippen LogP contribution >= 0.6 is 0 Å². The number of carbonyl (C=O) groups is 3. The van der Waals surface area contributed by atoms with Gasteiger partial charge in [-0.25, -0.2) is 9.59 Å². The van der Waals surface area contributed by atoms with Crippen molar-refractivity contribution in [3.8, 4) is 0 Å². The van der Waals surface area contributed by atoms with Crippen LogP contribution in [-0.2, 0) is 19.1 Å². The lowest BCUT2D eigenvalue weighted by Gasteiger charge is -1.84. The molecule has 0 spiro atoms. The molecule has 1 rings (SSSR count). The van der Waals surface area contributed by atoms with E-state index < -0.39 is 17.9 Å². The maximum Gasteiger partial charge on any atom is 0.338 e. The fourth-order valence-corrected chi connectivity index (χ4v) is 0.454. The summed E-state index contributed by atoms with van der Waals surface area (Å²) in [4.78, 5) is 29.4. The molecule has 0 saturated heterocycles. The third kappa shape index (κ3) is 6.70. The molecule has 6 heteroatoms. The Kier molecular flexibility index (Phi) is 5.13. The number of rotatable bonds is 2. The second kappa shape index (κ2) is 5.90. The van der Waals surface area contributed by atoms with Crippen LogP contribution in [0.25, 0.3) is 0 Å². The number of carbonyl (C=O) groups excluding carboxylic acids is 2. The van der Waals surface area contributed by atoms with Gasteiger partial charge in [0.1, 0.15) is 0 Å². The predicted octanol–water partition coefficient (Wildman–Crippen LogP) is -1.08. The molecular formula is C7H9NO5. The van der Waals surface area contributed by atoms with Crippen molar-refractivity contribution in [3.63, 3.8) is 0 Å². The summed E-state index contributed by atoms with van der Waals surface area (Å²) in [6.07, 6.45) is 2.17. The molecule has 13 heavy (non-hydrogen) atoms. The van der Waals surface area contributed by atoms with E-state index in [1.807, 2.05) is 0 Å². The number of hydrogen-bond donors (Lipinski definition) is 2. The van der Waals surface area contributed by atoms with E-state index in [2.05, 4.69) is 10.1 Å². The second-order valence-corrected chi connectivity index (χ2v) is 2.00. The lowest BCUT2D eigenvalue weighted by molar-refractivity contribution is -0.150. The van der Waals surface area contributed by atoms with Crippen LogP contribution in [-0.4, -0.2) is 36.6 Å². The minimum Gasteiger partial charge on any atom is -0.480 e. The quantitative estimate of drug-likeness (QED) is 0.421. The lowest BCUT2D eigenvalue weighted by atomic mass is 10.6. The second-order valence-electron chi connectivity index (χ2n) is 2.00. The molecule has 6 nitrogen and oxygen atoms in total. The van der Waals surface area contributed by atoms with Gasteiger partial charge in [-0.2, -0.15) is 0 Å². The van der Waals surface area contributed by atoms with Crippen molar-refractivity contribution in [2.75, 3.05) is 13.6 Å². The average molecular weight is 187 g/mol. The first-order valence-electron chi connectivity index (χ1n) is 3.36. The van der Waals surface area contributed by atoms with Gasteiger partial charge in [0.2, 0.25) is 0 Å². The van der Waals surface area contributed by atoms with Crippen LogP contribution in [0.1, 0.15) is 0 Å². The Morgan fingerprint density at radius 3 is 2.00 bits per heavy atom. The van der Waals surface area contributed by atoms with Gasteiger partial charge in [0.25, 0.3) is 0 Å². The molecule has 0 atom stereocenters. The molecule has 0 aromatic heterocycles. The third-order valence-corrected chi connectivity index (χ3v) is 0.885. The van der Waals surface area contributed by atoms with E-state index in [0.29, 0.717) is 0 Å². The van der Waals surface area contributed by atoms with Gasteiger partial charge in [0, 0.05) is 12.2 Å². The Morgan fingerprint density at radius 1 is 1.46 bits per heavy atom. The number of nitrogens with one attached hydrogen (secondary N) is 1. The van der Waals surface area contributed by atoms with E-state index in [1.165, 1.54) is 0 Å². The topological polar surface area (TPSA) is 92.7 Å². The smallest absolute Gasteiger partial charge is 0.338 e. The molecule has 0 fully saturated rings. The van der Waals surface area contributed by atoms with Crippen molar-refractivity contribution < 1.29 is 24.2 Å². The Morgan fingerprint density at radius 2 is 1.92 bits per heavy atom. The number of carboxylic acids is 1. The number of likely N-dealkylation sites (N-methyl/N-ethyl adjacent to an activating group) is 1. The number of aliphatic carboxylic acids is 1. The number of cyclic esters (lactones) is 2. The minimum absolute atomic E-state index is 0.0417. The molecule has 0 bridgehead atoms. The fourth-order valence-electron chi connectivity index (χ4n) is 0.454. The maximum atomic E-state index is 9.92. The van der Waals surface area contributed by atoms with Crippen molar-refractivity contribution in [1.82, 2.24) is 5.32 Å². The van der Waals surface area contributed by atoms with Gasteiger partial charge in [-0.3, -0.25) is 4.79 Å². The molecule has 1 aliphatic heterocycles. The van der Waals surface area contributed by atoms with E-state index >= 15 is 0 Å². The van der Waals surface area contributed by atoms with Gasteiger partial charge in [-0.15, -0.1) is 0 Å². The summed E-state index contributed by atoms with van der Waals surface area (Å²) in [6.45, 7) is 0.0417. The van der Waals surface area contributed by atoms with Crippen molar-refractivity contribution in [3.05, 3.63) is 12.2 Å². The van der Waals surface area contributed by atoms with Gasteiger partial charge >= 0.3 is 17.9 Å². The predicted molar refractivity (Wildman–Crippen MR) is 41.8 cm³/mol. The first kappa shape index (κ1) is 11.3. The normalized spacial score (nSPS) is 13.3. The highest BCUT2D eigenvalue weighted by Gasteiger charge is 2.10. The third-order valence-electron chi connectivity index (χ3n) is 0.885. The van der Waals surface area contributed by atoms with Crippen LogP contribution < -0.4 is 5.32 Å². The van der Waals surface area contributed by atoms with E-state index in [4.69, 9.17) is 5.11 Å². The highest BCUT2D eigenvalue weighted by molar-refractivity contribution is 6.04. The zero-order chi connectivity index (χ0) is 10.3. The van der Waals surface area contributed by atoms with Gasteiger partial charge in [0.05, 0.1) is 6.54 Å². The summed E-state index contributed by atoms with van der Waals surface area (Å²) in [5, 5.41) is 10.3. The Labute approximate surface area is 74.2 Å². The van der Waals surface area contributed by atoms with Crippen LogP contribution in [0.4, 0.5) is 0 Å². The monoisotopic (exact) mass is 187 g/mol. The van der Waals surface area contributed by atoms with Gasteiger partial charge in [0.15, 0.2) is 0 Å².